The van der Waals surface area contributed by atoms with Gasteiger partial charge in [-0.15, -0.1) is 0 Å². The van der Waals surface area contributed by atoms with Crippen molar-refractivity contribution >= 4 is 46.4 Å². The molecule has 0 N–H and O–H groups in total. The first kappa shape index (κ1) is 10.8. The molecule has 76 valence electrons. The molecule has 1 aliphatic heterocycles. The van der Waals surface area contributed by atoms with Crippen molar-refractivity contribution < 1.29 is 0 Å². The maximum atomic E-state index is 5.88. The Morgan fingerprint density at radius 3 is 1.86 bits per heavy atom. The standard InChI is InChI=1S/C9H7Cl4N/c10-8(11)9(12,13)14(8)6-7-4-2-1-3-5-7/h1-5H,6H2. The van der Waals surface area contributed by atoms with Crippen LogP contribution in [0, 0.1) is 0 Å². The lowest BCUT2D eigenvalue weighted by Gasteiger charge is -2.02. The molecule has 0 bridgehead atoms. The number of nitrogens with zero attached hydrogens (tertiary/aromatic N) is 1. The van der Waals surface area contributed by atoms with Gasteiger partial charge in [0.15, 0.2) is 0 Å². The van der Waals surface area contributed by atoms with E-state index in [-0.39, 0.29) is 0 Å². The van der Waals surface area contributed by atoms with Gasteiger partial charge in [-0.3, -0.25) is 0 Å². The Labute approximate surface area is 102 Å². The van der Waals surface area contributed by atoms with E-state index in [4.69, 9.17) is 46.4 Å². The summed E-state index contributed by atoms with van der Waals surface area (Å²) >= 11 is 23.5. The Morgan fingerprint density at radius 2 is 1.43 bits per heavy atom. The van der Waals surface area contributed by atoms with Gasteiger partial charge in [-0.05, 0) is 5.56 Å². The molecule has 1 aromatic carbocycles. The van der Waals surface area contributed by atoms with Crippen LogP contribution in [0.25, 0.3) is 0 Å². The Bertz CT molecular complexity index is 322. The first-order valence-electron chi connectivity index (χ1n) is 4.03. The van der Waals surface area contributed by atoms with Crippen LogP contribution < -0.4 is 0 Å². The average Bonchev–Trinajstić information content (AvgIpc) is 2.50. The van der Waals surface area contributed by atoms with E-state index < -0.39 is 8.91 Å². The highest BCUT2D eigenvalue weighted by atomic mass is 35.5. The van der Waals surface area contributed by atoms with E-state index in [1.807, 2.05) is 30.3 Å². The van der Waals surface area contributed by atoms with Crippen molar-refractivity contribution in [1.82, 2.24) is 4.90 Å². The minimum absolute atomic E-state index is 0.543. The summed E-state index contributed by atoms with van der Waals surface area (Å²) in [6.07, 6.45) is 0. The molecule has 0 saturated carbocycles. The van der Waals surface area contributed by atoms with Crippen LogP contribution in [0.1, 0.15) is 5.56 Å². The lowest BCUT2D eigenvalue weighted by molar-refractivity contribution is 0.506. The molecule has 1 fully saturated rings. The summed E-state index contributed by atoms with van der Waals surface area (Å²) in [5.74, 6) is 0. The van der Waals surface area contributed by atoms with E-state index in [0.29, 0.717) is 6.54 Å². The molecule has 0 radical (unpaired) electrons. The molecule has 0 aliphatic carbocycles. The van der Waals surface area contributed by atoms with Gasteiger partial charge >= 0.3 is 0 Å². The predicted molar refractivity (Wildman–Crippen MR) is 60.9 cm³/mol. The van der Waals surface area contributed by atoms with Gasteiger partial charge in [0.05, 0.1) is 0 Å². The highest BCUT2D eigenvalue weighted by Gasteiger charge is 2.73. The van der Waals surface area contributed by atoms with Gasteiger partial charge in [-0.2, -0.15) is 0 Å². The molecular weight excluding hydrogens is 264 g/mol. The smallest absolute Gasteiger partial charge is 0.220 e. The van der Waals surface area contributed by atoms with E-state index in [1.165, 1.54) is 0 Å². The van der Waals surface area contributed by atoms with Gasteiger partial charge in [0.2, 0.25) is 8.91 Å². The summed E-state index contributed by atoms with van der Waals surface area (Å²) in [6.45, 7) is 0.543. The molecule has 0 atom stereocenters. The van der Waals surface area contributed by atoms with E-state index in [9.17, 15) is 0 Å². The van der Waals surface area contributed by atoms with Gasteiger partial charge in [-0.25, -0.2) is 4.90 Å². The lowest BCUT2D eigenvalue weighted by atomic mass is 10.2. The maximum absolute atomic E-state index is 5.88. The Kier molecular flexibility index (Phi) is 2.66. The van der Waals surface area contributed by atoms with Crippen molar-refractivity contribution in [2.45, 2.75) is 15.5 Å². The highest BCUT2D eigenvalue weighted by molar-refractivity contribution is 6.66. The second kappa shape index (κ2) is 3.43. The van der Waals surface area contributed by atoms with Crippen molar-refractivity contribution in [2.24, 2.45) is 0 Å². The van der Waals surface area contributed by atoms with Crippen LogP contribution in [0.15, 0.2) is 30.3 Å². The third-order valence-corrected chi connectivity index (χ3v) is 4.47. The van der Waals surface area contributed by atoms with Crippen LogP contribution in [0.3, 0.4) is 0 Å². The summed E-state index contributed by atoms with van der Waals surface area (Å²) in [5.41, 5.74) is 1.07. The van der Waals surface area contributed by atoms with Crippen molar-refractivity contribution in [3.05, 3.63) is 35.9 Å². The largest absolute Gasteiger partial charge is 0.229 e. The van der Waals surface area contributed by atoms with Crippen LogP contribution in [0.2, 0.25) is 0 Å². The molecule has 0 spiro atoms. The molecular formula is C9H7Cl4N. The molecule has 1 heterocycles. The van der Waals surface area contributed by atoms with Crippen LogP contribution in [-0.4, -0.2) is 13.8 Å². The second-order valence-corrected chi connectivity index (χ2v) is 5.73. The number of halogens is 4. The fourth-order valence-corrected chi connectivity index (χ4v) is 2.43. The van der Waals surface area contributed by atoms with Crippen LogP contribution in [-0.2, 0) is 6.54 Å². The Hall–Kier alpha value is 0.340. The second-order valence-electron chi connectivity index (χ2n) is 3.15. The summed E-state index contributed by atoms with van der Waals surface area (Å²) < 4.78 is -2.35. The molecule has 0 aromatic heterocycles. The molecule has 1 nitrogen and oxygen atoms in total. The topological polar surface area (TPSA) is 3.01 Å². The molecule has 0 unspecified atom stereocenters. The zero-order chi connectivity index (χ0) is 10.4. The summed E-state index contributed by atoms with van der Waals surface area (Å²) in [7, 11) is 0. The van der Waals surface area contributed by atoms with Crippen LogP contribution >= 0.6 is 46.4 Å². The van der Waals surface area contributed by atoms with Gasteiger partial charge in [0.25, 0.3) is 0 Å². The first-order valence-corrected chi connectivity index (χ1v) is 5.55. The summed E-state index contributed by atoms with van der Waals surface area (Å²) in [5, 5.41) is 0. The molecule has 14 heavy (non-hydrogen) atoms. The normalized spacial score (nSPS) is 23.4. The number of benzene rings is 1. The Balaban J connectivity index is 2.09. The molecule has 5 heteroatoms. The number of hydrogen-bond donors (Lipinski definition) is 0. The van der Waals surface area contributed by atoms with E-state index in [1.54, 1.807) is 4.90 Å². The lowest BCUT2D eigenvalue weighted by Crippen LogP contribution is -2.04. The third-order valence-electron chi connectivity index (χ3n) is 2.17. The third kappa shape index (κ3) is 1.62. The minimum atomic E-state index is -1.17. The first-order chi connectivity index (χ1) is 6.46. The maximum Gasteiger partial charge on any atom is 0.220 e. The Morgan fingerprint density at radius 1 is 0.929 bits per heavy atom. The fourth-order valence-electron chi connectivity index (χ4n) is 1.27. The van der Waals surface area contributed by atoms with E-state index in [2.05, 4.69) is 0 Å². The monoisotopic (exact) mass is 269 g/mol. The van der Waals surface area contributed by atoms with Crippen molar-refractivity contribution in [3.8, 4) is 0 Å². The van der Waals surface area contributed by atoms with E-state index >= 15 is 0 Å². The van der Waals surface area contributed by atoms with Crippen molar-refractivity contribution in [3.63, 3.8) is 0 Å². The van der Waals surface area contributed by atoms with Gasteiger partial charge in [0, 0.05) is 6.54 Å². The zero-order valence-corrected chi connectivity index (χ0v) is 10.1. The molecule has 1 aromatic rings. The summed E-state index contributed by atoms with van der Waals surface area (Å²) in [6, 6.07) is 9.74. The quantitative estimate of drug-likeness (QED) is 0.449. The fraction of sp³-hybridized carbons (Fsp3) is 0.333. The zero-order valence-electron chi connectivity index (χ0n) is 7.05. The van der Waals surface area contributed by atoms with Crippen molar-refractivity contribution in [2.75, 3.05) is 0 Å². The molecule has 2 rings (SSSR count). The van der Waals surface area contributed by atoms with Gasteiger partial charge < -0.3 is 0 Å². The number of rotatable bonds is 2. The minimum Gasteiger partial charge on any atom is -0.229 e. The van der Waals surface area contributed by atoms with Gasteiger partial charge in [0.1, 0.15) is 0 Å². The number of alkyl halides is 4. The van der Waals surface area contributed by atoms with Crippen LogP contribution in [0.5, 0.6) is 0 Å². The molecule has 1 saturated heterocycles. The highest BCUT2D eigenvalue weighted by Crippen LogP contribution is 2.64. The van der Waals surface area contributed by atoms with Crippen LogP contribution in [0.4, 0.5) is 0 Å². The predicted octanol–water partition coefficient (Wildman–Crippen LogP) is 3.77. The summed E-state index contributed by atoms with van der Waals surface area (Å²) in [4.78, 5) is 1.60. The SMILES string of the molecule is ClC1(Cl)N(Cc2ccccc2)C1(Cl)Cl. The molecule has 0 amide bonds. The number of hydrogen-bond acceptors (Lipinski definition) is 1. The van der Waals surface area contributed by atoms with Crippen molar-refractivity contribution in [1.29, 1.82) is 0 Å². The van der Waals surface area contributed by atoms with E-state index in [0.717, 1.165) is 5.56 Å². The van der Waals surface area contributed by atoms with Gasteiger partial charge in [-0.1, -0.05) is 76.7 Å². The molecule has 1 aliphatic rings. The average molecular weight is 271 g/mol.